The minimum atomic E-state index is -0.399. The van der Waals surface area contributed by atoms with E-state index in [4.69, 9.17) is 4.74 Å². The van der Waals surface area contributed by atoms with Crippen LogP contribution in [-0.4, -0.2) is 16.5 Å². The summed E-state index contributed by atoms with van der Waals surface area (Å²) < 4.78 is 20.0. The Labute approximate surface area is 121 Å². The molecule has 0 N–H and O–H groups in total. The summed E-state index contributed by atoms with van der Waals surface area (Å²) >= 11 is 0. The first-order valence-corrected chi connectivity index (χ1v) is 6.41. The number of nitriles is 1. The van der Waals surface area contributed by atoms with Gasteiger partial charge in [-0.3, -0.25) is 4.40 Å². The van der Waals surface area contributed by atoms with Crippen LogP contribution in [0.2, 0.25) is 0 Å². The molecule has 0 aliphatic carbocycles. The van der Waals surface area contributed by atoms with Crippen LogP contribution in [0.15, 0.2) is 42.6 Å². The van der Waals surface area contributed by atoms with Crippen molar-refractivity contribution < 1.29 is 9.13 Å². The second kappa shape index (κ2) is 5.25. The first-order chi connectivity index (χ1) is 10.2. The molecule has 0 atom stereocenters. The lowest BCUT2D eigenvalue weighted by atomic mass is 10.1. The van der Waals surface area contributed by atoms with Crippen LogP contribution in [0.25, 0.3) is 5.65 Å². The standard InChI is InChI=1S/C16H12FN3O/c1-21-13-4-2-3-11(7-13)8-14-15(9-18)20-10-12(17)5-6-16(20)19-14/h2-7,10H,8H2,1H3. The Bertz CT molecular complexity index is 848. The number of benzene rings is 1. The van der Waals surface area contributed by atoms with E-state index in [9.17, 15) is 9.65 Å². The predicted molar refractivity (Wildman–Crippen MR) is 75.7 cm³/mol. The van der Waals surface area contributed by atoms with Crippen LogP contribution in [0, 0.1) is 17.1 Å². The smallest absolute Gasteiger partial charge is 0.148 e. The molecule has 0 amide bonds. The highest BCUT2D eigenvalue weighted by Crippen LogP contribution is 2.19. The van der Waals surface area contributed by atoms with Gasteiger partial charge in [0, 0.05) is 12.6 Å². The Hall–Kier alpha value is -2.87. The lowest BCUT2D eigenvalue weighted by Crippen LogP contribution is -1.95. The molecule has 0 saturated carbocycles. The fourth-order valence-corrected chi connectivity index (χ4v) is 2.28. The maximum absolute atomic E-state index is 13.3. The molecular formula is C16H12FN3O. The number of pyridine rings is 1. The van der Waals surface area contributed by atoms with Crippen LogP contribution in [0.4, 0.5) is 4.39 Å². The summed E-state index contributed by atoms with van der Waals surface area (Å²) in [5, 5.41) is 9.32. The van der Waals surface area contributed by atoms with Crippen molar-refractivity contribution >= 4 is 5.65 Å². The summed E-state index contributed by atoms with van der Waals surface area (Å²) in [7, 11) is 1.60. The highest BCUT2D eigenvalue weighted by atomic mass is 19.1. The molecule has 0 aliphatic heterocycles. The van der Waals surface area contributed by atoms with Gasteiger partial charge in [0.1, 0.15) is 29.0 Å². The lowest BCUT2D eigenvalue weighted by molar-refractivity contribution is 0.414. The van der Waals surface area contributed by atoms with Crippen molar-refractivity contribution in [3.05, 3.63) is 65.4 Å². The first-order valence-electron chi connectivity index (χ1n) is 6.41. The highest BCUT2D eigenvalue weighted by Gasteiger charge is 2.13. The molecule has 0 unspecified atom stereocenters. The van der Waals surface area contributed by atoms with Crippen LogP contribution < -0.4 is 4.74 Å². The van der Waals surface area contributed by atoms with E-state index in [-0.39, 0.29) is 0 Å². The van der Waals surface area contributed by atoms with Gasteiger partial charge >= 0.3 is 0 Å². The fourth-order valence-electron chi connectivity index (χ4n) is 2.28. The van der Waals surface area contributed by atoms with E-state index < -0.39 is 5.82 Å². The number of fused-ring (bicyclic) bond motifs is 1. The molecule has 0 saturated heterocycles. The van der Waals surface area contributed by atoms with Crippen molar-refractivity contribution in [2.75, 3.05) is 7.11 Å². The number of nitrogens with zero attached hydrogens (tertiary/aromatic N) is 3. The van der Waals surface area contributed by atoms with E-state index in [1.165, 1.54) is 16.7 Å². The van der Waals surface area contributed by atoms with Gasteiger partial charge < -0.3 is 4.74 Å². The summed E-state index contributed by atoms with van der Waals surface area (Å²) in [4.78, 5) is 4.41. The maximum atomic E-state index is 13.3. The normalized spacial score (nSPS) is 10.5. The van der Waals surface area contributed by atoms with Gasteiger partial charge in [-0.15, -0.1) is 0 Å². The Morgan fingerprint density at radius 1 is 1.33 bits per heavy atom. The van der Waals surface area contributed by atoms with E-state index in [0.29, 0.717) is 23.5 Å². The Morgan fingerprint density at radius 2 is 2.19 bits per heavy atom. The van der Waals surface area contributed by atoms with E-state index in [2.05, 4.69) is 11.1 Å². The summed E-state index contributed by atoms with van der Waals surface area (Å²) in [5.41, 5.74) is 2.52. The molecule has 1 aromatic carbocycles. The average molecular weight is 281 g/mol. The summed E-state index contributed by atoms with van der Waals surface area (Å²) in [5.74, 6) is 0.352. The largest absolute Gasteiger partial charge is 0.497 e. The zero-order valence-corrected chi connectivity index (χ0v) is 11.4. The number of halogens is 1. The Balaban J connectivity index is 2.06. The molecule has 0 aliphatic rings. The molecule has 0 spiro atoms. The third-order valence-electron chi connectivity index (χ3n) is 3.27. The van der Waals surface area contributed by atoms with Gasteiger partial charge in [-0.1, -0.05) is 12.1 Å². The van der Waals surface area contributed by atoms with Crippen molar-refractivity contribution in [2.24, 2.45) is 0 Å². The number of hydrogen-bond donors (Lipinski definition) is 0. The van der Waals surface area contributed by atoms with Crippen LogP contribution >= 0.6 is 0 Å². The van der Waals surface area contributed by atoms with Crippen LogP contribution in [0.3, 0.4) is 0 Å². The monoisotopic (exact) mass is 281 g/mol. The number of ether oxygens (including phenoxy) is 1. The van der Waals surface area contributed by atoms with Crippen molar-refractivity contribution in [3.63, 3.8) is 0 Å². The molecule has 3 rings (SSSR count). The quantitative estimate of drug-likeness (QED) is 0.741. The molecule has 2 aromatic heterocycles. The summed E-state index contributed by atoms with van der Waals surface area (Å²) in [6, 6.07) is 12.6. The second-order valence-electron chi connectivity index (χ2n) is 4.62. The van der Waals surface area contributed by atoms with Crippen molar-refractivity contribution in [3.8, 4) is 11.8 Å². The van der Waals surface area contributed by atoms with Gasteiger partial charge in [0.25, 0.3) is 0 Å². The Kier molecular flexibility index (Phi) is 3.28. The average Bonchev–Trinajstić information content (AvgIpc) is 2.83. The van der Waals surface area contributed by atoms with E-state index in [1.807, 2.05) is 24.3 Å². The van der Waals surface area contributed by atoms with Gasteiger partial charge in [0.15, 0.2) is 0 Å². The van der Waals surface area contributed by atoms with E-state index in [1.54, 1.807) is 13.2 Å². The van der Waals surface area contributed by atoms with E-state index in [0.717, 1.165) is 11.3 Å². The molecule has 5 heteroatoms. The third kappa shape index (κ3) is 2.43. The van der Waals surface area contributed by atoms with Crippen LogP contribution in [-0.2, 0) is 6.42 Å². The fraction of sp³-hybridized carbons (Fsp3) is 0.125. The molecule has 4 nitrogen and oxygen atoms in total. The van der Waals surface area contributed by atoms with E-state index >= 15 is 0 Å². The summed E-state index contributed by atoms with van der Waals surface area (Å²) in [6.45, 7) is 0. The molecule has 0 fully saturated rings. The zero-order chi connectivity index (χ0) is 14.8. The number of hydrogen-bond acceptors (Lipinski definition) is 3. The predicted octanol–water partition coefficient (Wildman–Crippen LogP) is 2.94. The number of imidazole rings is 1. The SMILES string of the molecule is COc1cccc(Cc2nc3ccc(F)cn3c2C#N)c1. The maximum Gasteiger partial charge on any atom is 0.148 e. The Morgan fingerprint density at radius 3 is 2.95 bits per heavy atom. The number of methoxy groups -OCH3 is 1. The van der Waals surface area contributed by atoms with Gasteiger partial charge in [-0.05, 0) is 29.8 Å². The molecule has 21 heavy (non-hydrogen) atoms. The summed E-state index contributed by atoms with van der Waals surface area (Å²) in [6.07, 6.45) is 1.76. The van der Waals surface area contributed by atoms with Crippen molar-refractivity contribution in [1.29, 1.82) is 5.26 Å². The second-order valence-corrected chi connectivity index (χ2v) is 4.62. The van der Waals surface area contributed by atoms with Crippen molar-refractivity contribution in [2.45, 2.75) is 6.42 Å². The highest BCUT2D eigenvalue weighted by molar-refractivity contribution is 5.48. The van der Waals surface area contributed by atoms with Gasteiger partial charge in [0.2, 0.25) is 0 Å². The van der Waals surface area contributed by atoms with Crippen molar-refractivity contribution in [1.82, 2.24) is 9.38 Å². The first kappa shape index (κ1) is 13.1. The molecule has 104 valence electrons. The molecule has 3 aromatic rings. The molecule has 0 bridgehead atoms. The van der Waals surface area contributed by atoms with Gasteiger partial charge in [-0.25, -0.2) is 9.37 Å². The van der Waals surface area contributed by atoms with Crippen LogP contribution in [0.1, 0.15) is 17.0 Å². The minimum absolute atomic E-state index is 0.354. The number of aromatic nitrogens is 2. The minimum Gasteiger partial charge on any atom is -0.497 e. The molecule has 2 heterocycles. The number of rotatable bonds is 3. The lowest BCUT2D eigenvalue weighted by Gasteiger charge is -2.03. The third-order valence-corrected chi connectivity index (χ3v) is 3.27. The van der Waals surface area contributed by atoms with Gasteiger partial charge in [0.05, 0.1) is 12.8 Å². The molecular weight excluding hydrogens is 269 g/mol. The molecule has 0 radical (unpaired) electrons. The topological polar surface area (TPSA) is 50.3 Å². The zero-order valence-electron chi connectivity index (χ0n) is 11.4. The van der Waals surface area contributed by atoms with Gasteiger partial charge in [-0.2, -0.15) is 5.26 Å². The van der Waals surface area contributed by atoms with Crippen LogP contribution in [0.5, 0.6) is 5.75 Å².